The van der Waals surface area contributed by atoms with Crippen molar-refractivity contribution in [2.75, 3.05) is 32.8 Å². The molecule has 1 aromatic heterocycles. The molecule has 0 bridgehead atoms. The fourth-order valence-corrected chi connectivity index (χ4v) is 2.63. The van der Waals surface area contributed by atoms with Gasteiger partial charge in [-0.3, -0.25) is 4.90 Å². The van der Waals surface area contributed by atoms with Crippen LogP contribution in [0.2, 0.25) is 0 Å². The highest BCUT2D eigenvalue weighted by atomic mass is 32.1. The molecule has 2 heterocycles. The van der Waals surface area contributed by atoms with Crippen LogP contribution >= 0.6 is 11.3 Å². The SMILES string of the molecule is N#CC1CN(CC(O)COCc2cccs2)CCO1. The quantitative estimate of drug-likeness (QED) is 0.838. The van der Waals surface area contributed by atoms with Crippen molar-refractivity contribution in [3.63, 3.8) is 0 Å². The highest BCUT2D eigenvalue weighted by Gasteiger charge is 2.21. The summed E-state index contributed by atoms with van der Waals surface area (Å²) >= 11 is 1.64. The molecule has 104 valence electrons. The molecule has 0 aromatic carbocycles. The van der Waals surface area contributed by atoms with Crippen LogP contribution in [0.25, 0.3) is 0 Å². The summed E-state index contributed by atoms with van der Waals surface area (Å²) in [5.74, 6) is 0. The van der Waals surface area contributed by atoms with E-state index < -0.39 is 6.10 Å². The molecule has 0 amide bonds. The molecule has 6 heteroatoms. The van der Waals surface area contributed by atoms with E-state index in [2.05, 4.69) is 6.07 Å². The second-order valence-electron chi connectivity index (χ2n) is 4.50. The van der Waals surface area contributed by atoms with E-state index in [1.807, 2.05) is 22.4 Å². The summed E-state index contributed by atoms with van der Waals surface area (Å²) in [6, 6.07) is 6.09. The maximum absolute atomic E-state index is 9.90. The Morgan fingerprint density at radius 1 is 1.68 bits per heavy atom. The number of nitrogens with zero attached hydrogens (tertiary/aromatic N) is 2. The molecule has 2 atom stereocenters. The van der Waals surface area contributed by atoms with Crippen LogP contribution in [0.1, 0.15) is 4.88 Å². The fraction of sp³-hybridized carbons (Fsp3) is 0.615. The number of aliphatic hydroxyl groups excluding tert-OH is 1. The first-order chi connectivity index (χ1) is 9.28. The Morgan fingerprint density at radius 3 is 3.32 bits per heavy atom. The summed E-state index contributed by atoms with van der Waals surface area (Å²) in [6.07, 6.45) is -0.912. The van der Waals surface area contributed by atoms with Gasteiger partial charge >= 0.3 is 0 Å². The van der Waals surface area contributed by atoms with Gasteiger partial charge in [-0.2, -0.15) is 5.26 Å². The molecule has 1 aliphatic heterocycles. The number of aliphatic hydroxyl groups is 1. The minimum atomic E-state index is -0.530. The molecule has 19 heavy (non-hydrogen) atoms. The van der Waals surface area contributed by atoms with Gasteiger partial charge in [0.05, 0.1) is 32.0 Å². The van der Waals surface area contributed by atoms with Crippen LogP contribution in [-0.2, 0) is 16.1 Å². The van der Waals surface area contributed by atoms with Crippen LogP contribution in [0, 0.1) is 11.3 Å². The van der Waals surface area contributed by atoms with Gasteiger partial charge in [-0.15, -0.1) is 11.3 Å². The number of hydrogen-bond acceptors (Lipinski definition) is 6. The van der Waals surface area contributed by atoms with Gasteiger partial charge in [0.25, 0.3) is 0 Å². The van der Waals surface area contributed by atoms with Crippen molar-refractivity contribution in [1.82, 2.24) is 4.90 Å². The first kappa shape index (κ1) is 14.4. The number of hydrogen-bond donors (Lipinski definition) is 1. The molecule has 2 unspecified atom stereocenters. The van der Waals surface area contributed by atoms with E-state index in [0.29, 0.717) is 32.9 Å². The molecular weight excluding hydrogens is 264 g/mol. The minimum Gasteiger partial charge on any atom is -0.389 e. The number of thiophene rings is 1. The molecule has 0 spiro atoms. The summed E-state index contributed by atoms with van der Waals surface area (Å²) in [5.41, 5.74) is 0. The van der Waals surface area contributed by atoms with Crippen molar-refractivity contribution < 1.29 is 14.6 Å². The van der Waals surface area contributed by atoms with Crippen molar-refractivity contribution in [3.8, 4) is 6.07 Å². The second kappa shape index (κ2) is 7.58. The summed E-state index contributed by atoms with van der Waals surface area (Å²) in [7, 11) is 0. The number of ether oxygens (including phenoxy) is 2. The first-order valence-electron chi connectivity index (χ1n) is 6.29. The summed E-state index contributed by atoms with van der Waals surface area (Å²) in [4.78, 5) is 3.19. The van der Waals surface area contributed by atoms with Gasteiger partial charge < -0.3 is 14.6 Å². The third-order valence-electron chi connectivity index (χ3n) is 2.90. The van der Waals surface area contributed by atoms with Crippen LogP contribution in [0.4, 0.5) is 0 Å². The molecule has 1 saturated heterocycles. The number of nitriles is 1. The van der Waals surface area contributed by atoms with Gasteiger partial charge in [-0.25, -0.2) is 0 Å². The van der Waals surface area contributed by atoms with Gasteiger partial charge in [0.15, 0.2) is 6.10 Å². The Hall–Kier alpha value is -0.970. The second-order valence-corrected chi connectivity index (χ2v) is 5.53. The Bertz CT molecular complexity index is 405. The zero-order valence-electron chi connectivity index (χ0n) is 10.7. The maximum Gasteiger partial charge on any atom is 0.156 e. The Morgan fingerprint density at radius 2 is 2.58 bits per heavy atom. The molecule has 1 N–H and O–H groups in total. The zero-order chi connectivity index (χ0) is 13.5. The zero-order valence-corrected chi connectivity index (χ0v) is 11.5. The lowest BCUT2D eigenvalue weighted by Crippen LogP contribution is -2.45. The molecule has 1 fully saturated rings. The third kappa shape index (κ3) is 4.90. The van der Waals surface area contributed by atoms with E-state index in [9.17, 15) is 5.11 Å². The fourth-order valence-electron chi connectivity index (χ4n) is 1.99. The molecule has 1 aromatic rings. The maximum atomic E-state index is 9.90. The lowest BCUT2D eigenvalue weighted by atomic mass is 10.2. The molecule has 0 saturated carbocycles. The van der Waals surface area contributed by atoms with Gasteiger partial charge in [-0.1, -0.05) is 6.07 Å². The third-order valence-corrected chi connectivity index (χ3v) is 3.75. The minimum absolute atomic E-state index is 0.312. The van der Waals surface area contributed by atoms with Crippen LogP contribution in [0.15, 0.2) is 17.5 Å². The highest BCUT2D eigenvalue weighted by molar-refractivity contribution is 7.09. The molecule has 0 radical (unpaired) electrons. The summed E-state index contributed by atoms with van der Waals surface area (Å²) in [6.45, 7) is 3.22. The van der Waals surface area contributed by atoms with Crippen LogP contribution in [0.3, 0.4) is 0 Å². The van der Waals surface area contributed by atoms with Crippen LogP contribution in [0.5, 0.6) is 0 Å². The van der Waals surface area contributed by atoms with Gasteiger partial charge in [0.1, 0.15) is 0 Å². The van der Waals surface area contributed by atoms with E-state index in [4.69, 9.17) is 14.7 Å². The number of β-amino-alcohol motifs (C(OH)–C–C–N with tert-alkyl or cyclic N) is 1. The predicted octanol–water partition coefficient (Wildman–Crippen LogP) is 0.850. The average Bonchev–Trinajstić information content (AvgIpc) is 2.92. The van der Waals surface area contributed by atoms with Crippen LogP contribution < -0.4 is 0 Å². The molecule has 5 nitrogen and oxygen atoms in total. The number of morpholine rings is 1. The van der Waals surface area contributed by atoms with Gasteiger partial charge in [0.2, 0.25) is 0 Å². The van der Waals surface area contributed by atoms with E-state index in [0.717, 1.165) is 11.4 Å². The monoisotopic (exact) mass is 282 g/mol. The average molecular weight is 282 g/mol. The van der Waals surface area contributed by atoms with Crippen LogP contribution in [-0.4, -0.2) is 55.1 Å². The lowest BCUT2D eigenvalue weighted by molar-refractivity contribution is -0.0342. The largest absolute Gasteiger partial charge is 0.389 e. The lowest BCUT2D eigenvalue weighted by Gasteiger charge is -2.31. The first-order valence-corrected chi connectivity index (χ1v) is 7.17. The highest BCUT2D eigenvalue weighted by Crippen LogP contribution is 2.10. The Labute approximate surface area is 117 Å². The van der Waals surface area contributed by atoms with E-state index in [1.165, 1.54) is 0 Å². The van der Waals surface area contributed by atoms with E-state index in [1.54, 1.807) is 11.3 Å². The molecular formula is C13H18N2O3S. The van der Waals surface area contributed by atoms with Gasteiger partial charge in [-0.05, 0) is 11.4 Å². The van der Waals surface area contributed by atoms with Crippen molar-refractivity contribution in [1.29, 1.82) is 5.26 Å². The normalized spacial score (nSPS) is 22.0. The Balaban J connectivity index is 1.63. The van der Waals surface area contributed by atoms with E-state index >= 15 is 0 Å². The van der Waals surface area contributed by atoms with Crippen molar-refractivity contribution >= 4 is 11.3 Å². The molecule has 2 rings (SSSR count). The standard InChI is InChI=1S/C13H18N2O3S/c14-6-12-8-15(3-4-18-12)7-11(16)9-17-10-13-2-1-5-19-13/h1-2,5,11-12,16H,3-4,7-10H2. The summed E-state index contributed by atoms with van der Waals surface area (Å²) < 4.78 is 10.7. The smallest absolute Gasteiger partial charge is 0.156 e. The molecule has 1 aliphatic rings. The number of rotatable bonds is 6. The topological polar surface area (TPSA) is 65.7 Å². The van der Waals surface area contributed by atoms with Crippen molar-refractivity contribution in [3.05, 3.63) is 22.4 Å². The van der Waals surface area contributed by atoms with Crippen molar-refractivity contribution in [2.24, 2.45) is 0 Å². The Kier molecular flexibility index (Phi) is 5.76. The predicted molar refractivity (Wildman–Crippen MR) is 71.8 cm³/mol. The van der Waals surface area contributed by atoms with E-state index in [-0.39, 0.29) is 6.10 Å². The van der Waals surface area contributed by atoms with Gasteiger partial charge in [0, 0.05) is 24.5 Å². The van der Waals surface area contributed by atoms with Crippen molar-refractivity contribution in [2.45, 2.75) is 18.8 Å². The summed E-state index contributed by atoms with van der Waals surface area (Å²) in [5, 5.41) is 20.7. The molecule has 0 aliphatic carbocycles.